The molecule has 3 atom stereocenters. The zero-order chi connectivity index (χ0) is 11.7. The standard InChI is InChI=1S/C9H15N3O3S/c1-12(6-2-10-3-7(6)13)8(14)5-4-16-9(15)11-5/h5-7,10,13H,2-4H2,1H3,(H,11,15)/t5?,6-,7-/m0/s1. The van der Waals surface area contributed by atoms with Crippen molar-refractivity contribution in [2.24, 2.45) is 0 Å². The van der Waals surface area contributed by atoms with Gasteiger partial charge >= 0.3 is 0 Å². The van der Waals surface area contributed by atoms with Crippen LogP contribution in [0.4, 0.5) is 4.79 Å². The molecule has 0 aromatic heterocycles. The van der Waals surface area contributed by atoms with Crippen LogP contribution in [0.3, 0.4) is 0 Å². The van der Waals surface area contributed by atoms with Gasteiger partial charge in [-0.3, -0.25) is 9.59 Å². The van der Waals surface area contributed by atoms with Gasteiger partial charge in [-0.25, -0.2) is 0 Å². The fraction of sp³-hybridized carbons (Fsp3) is 0.778. The second-order valence-electron chi connectivity index (χ2n) is 4.04. The van der Waals surface area contributed by atoms with Crippen LogP contribution in [-0.2, 0) is 4.79 Å². The van der Waals surface area contributed by atoms with Gasteiger partial charge in [0, 0.05) is 25.9 Å². The highest BCUT2D eigenvalue weighted by Crippen LogP contribution is 2.16. The summed E-state index contributed by atoms with van der Waals surface area (Å²) in [5.74, 6) is 0.337. The van der Waals surface area contributed by atoms with Gasteiger partial charge in [-0.2, -0.15) is 0 Å². The molecule has 0 spiro atoms. The first-order chi connectivity index (χ1) is 7.59. The lowest BCUT2D eigenvalue weighted by molar-refractivity contribution is -0.134. The van der Waals surface area contributed by atoms with Crippen LogP contribution in [0, 0.1) is 0 Å². The second kappa shape index (κ2) is 4.60. The molecule has 0 aliphatic carbocycles. The maximum atomic E-state index is 12.0. The lowest BCUT2D eigenvalue weighted by Gasteiger charge is -2.28. The Morgan fingerprint density at radius 1 is 1.56 bits per heavy atom. The van der Waals surface area contributed by atoms with E-state index in [0.717, 1.165) is 11.8 Å². The molecule has 7 heteroatoms. The second-order valence-corrected chi connectivity index (χ2v) is 5.03. The van der Waals surface area contributed by atoms with Crippen LogP contribution < -0.4 is 10.6 Å². The van der Waals surface area contributed by atoms with E-state index < -0.39 is 12.1 Å². The first kappa shape index (κ1) is 11.7. The van der Waals surface area contributed by atoms with Crippen LogP contribution >= 0.6 is 11.8 Å². The molecule has 0 aromatic carbocycles. The van der Waals surface area contributed by atoms with Gasteiger partial charge in [-0.15, -0.1) is 0 Å². The van der Waals surface area contributed by atoms with E-state index in [1.165, 1.54) is 4.90 Å². The number of amides is 2. The maximum absolute atomic E-state index is 12.0. The molecular formula is C9H15N3O3S. The fourth-order valence-electron chi connectivity index (χ4n) is 1.97. The third-order valence-corrected chi connectivity index (χ3v) is 3.85. The number of carbonyl (C=O) groups excluding carboxylic acids is 2. The topological polar surface area (TPSA) is 81.7 Å². The average molecular weight is 245 g/mol. The zero-order valence-electron chi connectivity index (χ0n) is 8.97. The average Bonchev–Trinajstić information content (AvgIpc) is 2.85. The summed E-state index contributed by atoms with van der Waals surface area (Å²) in [4.78, 5) is 24.5. The lowest BCUT2D eigenvalue weighted by Crippen LogP contribution is -2.51. The third kappa shape index (κ3) is 2.16. The van der Waals surface area contributed by atoms with Crippen molar-refractivity contribution in [1.82, 2.24) is 15.5 Å². The molecule has 2 rings (SSSR count). The van der Waals surface area contributed by atoms with Gasteiger partial charge in [0.1, 0.15) is 6.04 Å². The molecule has 0 aromatic rings. The molecule has 16 heavy (non-hydrogen) atoms. The minimum atomic E-state index is -0.529. The van der Waals surface area contributed by atoms with E-state index in [9.17, 15) is 14.7 Å². The molecule has 3 N–H and O–H groups in total. The smallest absolute Gasteiger partial charge is 0.279 e. The molecule has 0 bridgehead atoms. The van der Waals surface area contributed by atoms with E-state index >= 15 is 0 Å². The summed E-state index contributed by atoms with van der Waals surface area (Å²) in [6.07, 6.45) is -0.529. The largest absolute Gasteiger partial charge is 0.390 e. The summed E-state index contributed by atoms with van der Waals surface area (Å²) in [6.45, 7) is 1.10. The van der Waals surface area contributed by atoms with Gasteiger partial charge in [0.2, 0.25) is 5.91 Å². The first-order valence-electron chi connectivity index (χ1n) is 5.18. The van der Waals surface area contributed by atoms with Crippen molar-refractivity contribution in [1.29, 1.82) is 0 Å². The SMILES string of the molecule is CN(C(=O)C1CSC(=O)N1)[C@H]1CNC[C@@H]1O. The Morgan fingerprint density at radius 2 is 2.31 bits per heavy atom. The van der Waals surface area contributed by atoms with Crippen LogP contribution in [-0.4, -0.2) is 65.2 Å². The van der Waals surface area contributed by atoms with Gasteiger partial charge < -0.3 is 20.6 Å². The predicted octanol–water partition coefficient (Wildman–Crippen LogP) is -1.40. The minimum Gasteiger partial charge on any atom is -0.390 e. The summed E-state index contributed by atoms with van der Waals surface area (Å²) in [5, 5.41) is 15.1. The van der Waals surface area contributed by atoms with Gasteiger partial charge in [0.15, 0.2) is 0 Å². The third-order valence-electron chi connectivity index (χ3n) is 2.97. The Morgan fingerprint density at radius 3 is 2.81 bits per heavy atom. The molecule has 2 aliphatic heterocycles. The quantitative estimate of drug-likeness (QED) is 0.557. The highest BCUT2D eigenvalue weighted by Gasteiger charge is 2.36. The van der Waals surface area contributed by atoms with Crippen molar-refractivity contribution in [3.8, 4) is 0 Å². The highest BCUT2D eigenvalue weighted by atomic mass is 32.2. The van der Waals surface area contributed by atoms with Crippen molar-refractivity contribution in [3.05, 3.63) is 0 Å². The zero-order valence-corrected chi connectivity index (χ0v) is 9.79. The number of carbonyl (C=O) groups is 2. The Hall–Kier alpha value is -0.790. The maximum Gasteiger partial charge on any atom is 0.279 e. The summed E-state index contributed by atoms with van der Waals surface area (Å²) in [5.41, 5.74) is 0. The van der Waals surface area contributed by atoms with E-state index in [1.54, 1.807) is 7.05 Å². The van der Waals surface area contributed by atoms with Gasteiger partial charge in [0.05, 0.1) is 12.1 Å². The Bertz CT molecular complexity index is 312. The molecule has 2 amide bonds. The van der Waals surface area contributed by atoms with Crippen LogP contribution in [0.2, 0.25) is 0 Å². The van der Waals surface area contributed by atoms with Crippen molar-refractivity contribution >= 4 is 22.9 Å². The summed E-state index contributed by atoms with van der Waals surface area (Å²) >= 11 is 1.12. The van der Waals surface area contributed by atoms with E-state index in [2.05, 4.69) is 10.6 Å². The van der Waals surface area contributed by atoms with Gasteiger partial charge in [0.25, 0.3) is 5.24 Å². The summed E-state index contributed by atoms with van der Waals surface area (Å²) < 4.78 is 0. The Kier molecular flexibility index (Phi) is 3.36. The summed E-state index contributed by atoms with van der Waals surface area (Å²) in [6, 6.07) is -0.648. The number of hydrogen-bond acceptors (Lipinski definition) is 5. The predicted molar refractivity (Wildman–Crippen MR) is 60.2 cm³/mol. The van der Waals surface area contributed by atoms with E-state index in [-0.39, 0.29) is 17.2 Å². The number of β-amino-alcohol motifs (C(OH)–C–C–N with tert-alkyl or cyclic N) is 1. The van der Waals surface area contributed by atoms with Gasteiger partial charge in [-0.1, -0.05) is 11.8 Å². The molecule has 2 saturated heterocycles. The molecule has 90 valence electrons. The molecule has 0 radical (unpaired) electrons. The van der Waals surface area contributed by atoms with E-state index in [0.29, 0.717) is 18.8 Å². The van der Waals surface area contributed by atoms with E-state index in [1.807, 2.05) is 0 Å². The van der Waals surface area contributed by atoms with Crippen LogP contribution in [0.25, 0.3) is 0 Å². The van der Waals surface area contributed by atoms with Crippen LogP contribution in [0.5, 0.6) is 0 Å². The number of nitrogens with zero attached hydrogens (tertiary/aromatic N) is 1. The molecule has 2 aliphatic rings. The number of aliphatic hydroxyl groups is 1. The first-order valence-corrected chi connectivity index (χ1v) is 6.17. The number of rotatable bonds is 2. The normalized spacial score (nSPS) is 33.9. The Labute approximate surface area is 97.7 Å². The molecule has 2 heterocycles. The van der Waals surface area contributed by atoms with Crippen LogP contribution in [0.1, 0.15) is 0 Å². The Balaban J connectivity index is 1.96. The number of hydrogen-bond donors (Lipinski definition) is 3. The number of likely N-dealkylation sites (N-methyl/N-ethyl adjacent to an activating group) is 1. The lowest BCUT2D eigenvalue weighted by atomic mass is 10.1. The van der Waals surface area contributed by atoms with E-state index in [4.69, 9.17) is 0 Å². The molecular weight excluding hydrogens is 230 g/mol. The highest BCUT2D eigenvalue weighted by molar-refractivity contribution is 8.14. The molecule has 6 nitrogen and oxygen atoms in total. The van der Waals surface area contributed by atoms with Crippen molar-refractivity contribution in [2.75, 3.05) is 25.9 Å². The van der Waals surface area contributed by atoms with Crippen LogP contribution in [0.15, 0.2) is 0 Å². The van der Waals surface area contributed by atoms with Crippen molar-refractivity contribution in [3.63, 3.8) is 0 Å². The summed E-state index contributed by atoms with van der Waals surface area (Å²) in [7, 11) is 1.67. The fourth-order valence-corrected chi connectivity index (χ4v) is 2.74. The minimum absolute atomic E-state index is 0.133. The van der Waals surface area contributed by atoms with Crippen molar-refractivity contribution in [2.45, 2.75) is 18.2 Å². The molecule has 0 saturated carbocycles. The number of thioether (sulfide) groups is 1. The monoisotopic (exact) mass is 245 g/mol. The van der Waals surface area contributed by atoms with Gasteiger partial charge in [-0.05, 0) is 0 Å². The van der Waals surface area contributed by atoms with Crippen molar-refractivity contribution < 1.29 is 14.7 Å². The molecule has 1 unspecified atom stereocenters. The number of nitrogens with one attached hydrogen (secondary N) is 2. The molecule has 2 fully saturated rings. The number of aliphatic hydroxyl groups excluding tert-OH is 1.